The lowest BCUT2D eigenvalue weighted by atomic mass is 10.0. The van der Waals surface area contributed by atoms with E-state index >= 15 is 0 Å². The topological polar surface area (TPSA) is 40.5 Å². The Morgan fingerprint density at radius 3 is 3.09 bits per heavy atom. The Morgan fingerprint density at radius 2 is 2.45 bits per heavy atom. The Balaban J connectivity index is 2.44. The zero-order chi connectivity index (χ0) is 8.27. The molecule has 0 unspecified atom stereocenters. The zero-order valence-corrected chi connectivity index (χ0v) is 6.92. The van der Waals surface area contributed by atoms with Crippen LogP contribution in [0.5, 0.6) is 0 Å². The molecule has 64 valence electrons. The van der Waals surface area contributed by atoms with Gasteiger partial charge in [-0.25, -0.2) is 0 Å². The maximum atomic E-state index is 11.1. The monoisotopic (exact) mass is 157 g/mol. The van der Waals surface area contributed by atoms with Gasteiger partial charge in [-0.2, -0.15) is 0 Å². The second-order valence-corrected chi connectivity index (χ2v) is 3.06. The minimum atomic E-state index is 0.183. The summed E-state index contributed by atoms with van der Waals surface area (Å²) in [6, 6.07) is 0.279. The molecule has 0 bridgehead atoms. The summed E-state index contributed by atoms with van der Waals surface area (Å²) < 4.78 is 0. The largest absolute Gasteiger partial charge is 0.396 e. The molecule has 1 fully saturated rings. The maximum absolute atomic E-state index is 11.1. The van der Waals surface area contributed by atoms with Gasteiger partial charge in [-0.15, -0.1) is 0 Å². The van der Waals surface area contributed by atoms with Gasteiger partial charge < -0.3 is 10.0 Å². The van der Waals surface area contributed by atoms with Gasteiger partial charge in [0.15, 0.2) is 0 Å². The van der Waals surface area contributed by atoms with Gasteiger partial charge in [0.25, 0.3) is 0 Å². The van der Waals surface area contributed by atoms with Crippen LogP contribution in [-0.2, 0) is 4.79 Å². The third-order valence-corrected chi connectivity index (χ3v) is 2.33. The van der Waals surface area contributed by atoms with Gasteiger partial charge in [0.2, 0.25) is 5.91 Å². The fraction of sp³-hybridized carbons (Fsp3) is 0.875. The van der Waals surface area contributed by atoms with Crippen LogP contribution in [0.1, 0.15) is 25.7 Å². The number of piperidine rings is 1. The van der Waals surface area contributed by atoms with Crippen LogP contribution in [0.3, 0.4) is 0 Å². The van der Waals surface area contributed by atoms with Gasteiger partial charge >= 0.3 is 0 Å². The molecule has 0 aromatic rings. The lowest BCUT2D eigenvalue weighted by Gasteiger charge is -2.31. The van der Waals surface area contributed by atoms with E-state index in [4.69, 9.17) is 5.11 Å². The number of carbonyl (C=O) groups is 1. The van der Waals surface area contributed by atoms with Crippen LogP contribution in [0.25, 0.3) is 0 Å². The predicted octanol–water partition coefficient (Wildman–Crippen LogP) is 0.380. The molecule has 1 atom stereocenters. The first-order valence-corrected chi connectivity index (χ1v) is 4.12. The molecular weight excluding hydrogens is 142 g/mol. The molecule has 1 heterocycles. The van der Waals surface area contributed by atoms with Crippen LogP contribution in [0.2, 0.25) is 0 Å². The van der Waals surface area contributed by atoms with E-state index in [-0.39, 0.29) is 18.6 Å². The van der Waals surface area contributed by atoms with Crippen LogP contribution in [0.4, 0.5) is 0 Å². The van der Waals surface area contributed by atoms with E-state index in [1.54, 1.807) is 4.90 Å². The normalized spacial score (nSPS) is 25.8. The average molecular weight is 157 g/mol. The zero-order valence-electron chi connectivity index (χ0n) is 6.92. The molecule has 3 heteroatoms. The smallest absolute Gasteiger partial charge is 0.222 e. The van der Waals surface area contributed by atoms with E-state index in [2.05, 4.69) is 0 Å². The first kappa shape index (κ1) is 8.53. The highest BCUT2D eigenvalue weighted by Gasteiger charge is 2.23. The van der Waals surface area contributed by atoms with Gasteiger partial charge in [0, 0.05) is 26.1 Å². The summed E-state index contributed by atoms with van der Waals surface area (Å²) in [5.74, 6) is 0.217. The van der Waals surface area contributed by atoms with Gasteiger partial charge in [0.1, 0.15) is 0 Å². The number of amides is 1. The van der Waals surface area contributed by atoms with Crippen molar-refractivity contribution in [1.29, 1.82) is 0 Å². The third-order valence-electron chi connectivity index (χ3n) is 2.33. The van der Waals surface area contributed by atoms with E-state index in [0.29, 0.717) is 6.42 Å². The molecule has 0 aromatic carbocycles. The van der Waals surface area contributed by atoms with Crippen LogP contribution >= 0.6 is 0 Å². The average Bonchev–Trinajstić information content (AvgIpc) is 1.99. The molecule has 0 aliphatic carbocycles. The fourth-order valence-corrected chi connectivity index (χ4v) is 1.55. The summed E-state index contributed by atoms with van der Waals surface area (Å²) in [4.78, 5) is 12.9. The van der Waals surface area contributed by atoms with Crippen molar-refractivity contribution < 1.29 is 9.90 Å². The van der Waals surface area contributed by atoms with Crippen LogP contribution in [0, 0.1) is 0 Å². The maximum Gasteiger partial charge on any atom is 0.222 e. The molecule has 1 saturated heterocycles. The number of nitrogens with zero attached hydrogens (tertiary/aromatic N) is 1. The molecule has 0 radical (unpaired) electrons. The van der Waals surface area contributed by atoms with E-state index in [0.717, 1.165) is 19.3 Å². The minimum Gasteiger partial charge on any atom is -0.396 e. The number of hydrogen-bond donors (Lipinski definition) is 1. The number of rotatable bonds is 2. The summed E-state index contributed by atoms with van der Waals surface area (Å²) >= 11 is 0. The van der Waals surface area contributed by atoms with Crippen molar-refractivity contribution in [2.75, 3.05) is 13.7 Å². The Kier molecular flexibility index (Phi) is 2.88. The fourth-order valence-electron chi connectivity index (χ4n) is 1.55. The molecule has 1 N–H and O–H groups in total. The molecule has 0 aromatic heterocycles. The highest BCUT2D eigenvalue weighted by atomic mass is 16.3. The van der Waals surface area contributed by atoms with Crippen LogP contribution in [0.15, 0.2) is 0 Å². The summed E-state index contributed by atoms with van der Waals surface area (Å²) in [6.07, 6.45) is 3.43. The first-order valence-electron chi connectivity index (χ1n) is 4.12. The first-order chi connectivity index (χ1) is 5.25. The standard InChI is InChI=1S/C8H15NO2/c1-9-7(5-6-10)3-2-4-8(9)11/h7,10H,2-6H2,1H3/t7-/m1/s1. The van der Waals surface area contributed by atoms with Gasteiger partial charge in [-0.1, -0.05) is 0 Å². The van der Waals surface area contributed by atoms with Gasteiger partial charge in [0.05, 0.1) is 0 Å². The summed E-state index contributed by atoms with van der Waals surface area (Å²) in [7, 11) is 1.82. The molecule has 1 amide bonds. The van der Waals surface area contributed by atoms with E-state index in [1.165, 1.54) is 0 Å². The molecule has 1 aliphatic heterocycles. The SMILES string of the molecule is CN1C(=O)CCC[C@@H]1CCO. The second kappa shape index (κ2) is 3.72. The van der Waals surface area contributed by atoms with E-state index in [1.807, 2.05) is 7.05 Å². The number of likely N-dealkylation sites (tertiary alicyclic amines) is 1. The number of hydrogen-bond acceptors (Lipinski definition) is 2. The number of aliphatic hydroxyl groups excluding tert-OH is 1. The number of aliphatic hydroxyl groups is 1. The molecule has 1 aliphatic rings. The van der Waals surface area contributed by atoms with Crippen molar-refractivity contribution in [2.24, 2.45) is 0 Å². The lowest BCUT2D eigenvalue weighted by Crippen LogP contribution is -2.40. The van der Waals surface area contributed by atoms with Crippen molar-refractivity contribution in [3.63, 3.8) is 0 Å². The van der Waals surface area contributed by atoms with Crippen molar-refractivity contribution in [2.45, 2.75) is 31.7 Å². The Morgan fingerprint density at radius 1 is 1.73 bits per heavy atom. The summed E-state index contributed by atoms with van der Waals surface area (Å²) in [5.41, 5.74) is 0. The molecule has 0 spiro atoms. The highest BCUT2D eigenvalue weighted by molar-refractivity contribution is 5.76. The van der Waals surface area contributed by atoms with Crippen molar-refractivity contribution in [3.8, 4) is 0 Å². The van der Waals surface area contributed by atoms with Crippen molar-refractivity contribution in [1.82, 2.24) is 4.90 Å². The van der Waals surface area contributed by atoms with E-state index < -0.39 is 0 Å². The van der Waals surface area contributed by atoms with Crippen LogP contribution in [-0.4, -0.2) is 35.6 Å². The third kappa shape index (κ3) is 1.93. The van der Waals surface area contributed by atoms with Crippen LogP contribution < -0.4 is 0 Å². The predicted molar refractivity (Wildman–Crippen MR) is 42.1 cm³/mol. The molecular formula is C8H15NO2. The molecule has 1 rings (SSSR count). The second-order valence-electron chi connectivity index (χ2n) is 3.06. The van der Waals surface area contributed by atoms with Gasteiger partial charge in [-0.3, -0.25) is 4.79 Å². The van der Waals surface area contributed by atoms with Crippen molar-refractivity contribution in [3.05, 3.63) is 0 Å². The molecule has 11 heavy (non-hydrogen) atoms. The highest BCUT2D eigenvalue weighted by Crippen LogP contribution is 2.18. The van der Waals surface area contributed by atoms with Crippen molar-refractivity contribution >= 4 is 5.91 Å². The number of carbonyl (C=O) groups excluding carboxylic acids is 1. The Labute approximate surface area is 67.0 Å². The Hall–Kier alpha value is -0.570. The van der Waals surface area contributed by atoms with Gasteiger partial charge in [-0.05, 0) is 19.3 Å². The quantitative estimate of drug-likeness (QED) is 0.629. The molecule has 0 saturated carbocycles. The Bertz CT molecular complexity index is 145. The summed E-state index contributed by atoms with van der Waals surface area (Å²) in [6.45, 7) is 0.183. The minimum absolute atomic E-state index is 0.183. The molecule has 3 nitrogen and oxygen atoms in total. The lowest BCUT2D eigenvalue weighted by molar-refractivity contribution is -0.134. The summed E-state index contributed by atoms with van der Waals surface area (Å²) in [5, 5.41) is 8.68. The van der Waals surface area contributed by atoms with E-state index in [9.17, 15) is 4.79 Å².